The third-order valence-corrected chi connectivity index (χ3v) is 2.60. The van der Waals surface area contributed by atoms with E-state index in [2.05, 4.69) is 31.7 Å². The first-order chi connectivity index (χ1) is 6.85. The zero-order valence-electron chi connectivity index (χ0n) is 10.5. The van der Waals surface area contributed by atoms with Crippen molar-refractivity contribution in [2.45, 2.75) is 41.0 Å². The van der Waals surface area contributed by atoms with Gasteiger partial charge in [0, 0.05) is 5.41 Å². The van der Waals surface area contributed by atoms with Crippen LogP contribution in [-0.2, 0) is 0 Å². The average Bonchev–Trinajstić information content (AvgIpc) is 2.14. The maximum absolute atomic E-state index is 9.00. The number of hydrogen-bond donors (Lipinski definition) is 1. The number of rotatable bonds is 5. The van der Waals surface area contributed by atoms with Gasteiger partial charge in [0.1, 0.15) is 0 Å². The smallest absolute Gasteiger partial charge is 0.0655 e. The highest BCUT2D eigenvalue weighted by atomic mass is 16.4. The molecule has 0 aromatic rings. The molecule has 0 aromatic heterocycles. The van der Waals surface area contributed by atoms with Crippen LogP contribution in [0.5, 0.6) is 0 Å². The molecule has 2 nitrogen and oxygen atoms in total. The first-order valence-electron chi connectivity index (χ1n) is 5.36. The summed E-state index contributed by atoms with van der Waals surface area (Å²) < 4.78 is 0. The van der Waals surface area contributed by atoms with Crippen LogP contribution in [-0.4, -0.2) is 10.9 Å². The molecule has 0 bridgehead atoms. The Kier molecular flexibility index (Phi) is 5.34. The van der Waals surface area contributed by atoms with Gasteiger partial charge < -0.3 is 5.21 Å². The topological polar surface area (TPSA) is 32.6 Å². The van der Waals surface area contributed by atoms with Gasteiger partial charge in [0.25, 0.3) is 0 Å². The molecule has 0 heterocycles. The Bertz CT molecular complexity index is 272. The third kappa shape index (κ3) is 4.32. The lowest BCUT2D eigenvalue weighted by molar-refractivity contribution is 0.303. The fourth-order valence-electron chi connectivity index (χ4n) is 1.64. The van der Waals surface area contributed by atoms with E-state index in [1.165, 1.54) is 0 Å². The molecule has 0 amide bonds. The van der Waals surface area contributed by atoms with Gasteiger partial charge in [-0.2, -0.15) is 0 Å². The van der Waals surface area contributed by atoms with E-state index in [-0.39, 0.29) is 11.3 Å². The molecule has 0 rings (SSSR count). The molecule has 0 aromatic carbocycles. The van der Waals surface area contributed by atoms with E-state index in [1.54, 1.807) is 0 Å². The van der Waals surface area contributed by atoms with Gasteiger partial charge in [0.2, 0.25) is 0 Å². The summed E-state index contributed by atoms with van der Waals surface area (Å²) in [5, 5.41) is 12.4. The molecule has 15 heavy (non-hydrogen) atoms. The zero-order valence-corrected chi connectivity index (χ0v) is 10.5. The number of allylic oxidation sites excluding steroid dienone is 3. The second kappa shape index (κ2) is 5.74. The van der Waals surface area contributed by atoms with Gasteiger partial charge in [0.05, 0.1) is 5.71 Å². The van der Waals surface area contributed by atoms with Crippen LogP contribution in [0.1, 0.15) is 41.0 Å². The predicted octanol–water partition coefficient (Wildman–Crippen LogP) is 4.02. The minimum Gasteiger partial charge on any atom is -0.411 e. The van der Waals surface area contributed by atoms with Crippen LogP contribution in [0.2, 0.25) is 0 Å². The molecular weight excluding hydrogens is 186 g/mol. The molecule has 0 aliphatic heterocycles. The molecule has 0 saturated carbocycles. The minimum atomic E-state index is -0.104. The van der Waals surface area contributed by atoms with E-state index in [0.717, 1.165) is 17.7 Å². The van der Waals surface area contributed by atoms with Crippen molar-refractivity contribution in [1.29, 1.82) is 0 Å². The van der Waals surface area contributed by atoms with E-state index in [9.17, 15) is 0 Å². The van der Waals surface area contributed by atoms with Gasteiger partial charge in [-0.3, -0.25) is 0 Å². The molecule has 0 unspecified atom stereocenters. The van der Waals surface area contributed by atoms with Crippen LogP contribution in [0, 0.1) is 11.3 Å². The van der Waals surface area contributed by atoms with Gasteiger partial charge in [0.15, 0.2) is 0 Å². The van der Waals surface area contributed by atoms with Crippen molar-refractivity contribution in [1.82, 2.24) is 0 Å². The summed E-state index contributed by atoms with van der Waals surface area (Å²) in [4.78, 5) is 0. The summed E-state index contributed by atoms with van der Waals surface area (Å²) >= 11 is 0. The summed E-state index contributed by atoms with van der Waals surface area (Å²) in [5.41, 5.74) is 1.90. The first-order valence-corrected chi connectivity index (χ1v) is 5.36. The average molecular weight is 209 g/mol. The van der Waals surface area contributed by atoms with E-state index in [0.29, 0.717) is 0 Å². The molecule has 86 valence electrons. The van der Waals surface area contributed by atoms with Gasteiger partial charge in [-0.25, -0.2) is 0 Å². The maximum atomic E-state index is 9.00. The number of oxime groups is 1. The Labute approximate surface area is 93.4 Å². The Morgan fingerprint density at radius 1 is 1.47 bits per heavy atom. The Hall–Kier alpha value is -1.05. The van der Waals surface area contributed by atoms with Crippen molar-refractivity contribution in [2.75, 3.05) is 0 Å². The molecule has 0 aliphatic rings. The molecule has 0 saturated heterocycles. The standard InChI is InChI=1S/C13H23NO/c1-7-11(4)8-9-13(5,6)12(14-15)10(2)3/h7-8,10,15H,1,9H2,2-6H3/b11-8+,14-12-. The summed E-state index contributed by atoms with van der Waals surface area (Å²) in [6, 6.07) is 0. The summed E-state index contributed by atoms with van der Waals surface area (Å²) in [6.45, 7) is 14.0. The fourth-order valence-corrected chi connectivity index (χ4v) is 1.64. The second-order valence-electron chi connectivity index (χ2n) is 4.88. The predicted molar refractivity (Wildman–Crippen MR) is 66.4 cm³/mol. The minimum absolute atomic E-state index is 0.104. The SMILES string of the molecule is C=C/C(C)=C/CC(C)(C)/C(=N\O)C(C)C. The van der Waals surface area contributed by atoms with E-state index in [1.807, 2.05) is 26.8 Å². The van der Waals surface area contributed by atoms with E-state index < -0.39 is 0 Å². The molecule has 0 radical (unpaired) electrons. The highest BCUT2D eigenvalue weighted by Crippen LogP contribution is 2.27. The van der Waals surface area contributed by atoms with E-state index in [4.69, 9.17) is 5.21 Å². The Balaban J connectivity index is 4.74. The Morgan fingerprint density at radius 3 is 2.33 bits per heavy atom. The molecule has 0 aliphatic carbocycles. The fraction of sp³-hybridized carbons (Fsp3) is 0.615. The summed E-state index contributed by atoms with van der Waals surface area (Å²) in [5.74, 6) is 0.266. The molecule has 2 heteroatoms. The monoisotopic (exact) mass is 209 g/mol. The van der Waals surface area contributed by atoms with Gasteiger partial charge in [-0.05, 0) is 19.3 Å². The lowest BCUT2D eigenvalue weighted by Gasteiger charge is -2.26. The quantitative estimate of drug-likeness (QED) is 0.315. The van der Waals surface area contributed by atoms with Crippen LogP contribution < -0.4 is 0 Å². The molecule has 0 fully saturated rings. The lowest BCUT2D eigenvalue weighted by atomic mass is 9.78. The highest BCUT2D eigenvalue weighted by Gasteiger charge is 2.26. The third-order valence-electron chi connectivity index (χ3n) is 2.60. The van der Waals surface area contributed by atoms with Gasteiger partial charge in [-0.15, -0.1) is 0 Å². The highest BCUT2D eigenvalue weighted by molar-refractivity contribution is 5.90. The van der Waals surface area contributed by atoms with Crippen LogP contribution in [0.25, 0.3) is 0 Å². The molecule has 1 N–H and O–H groups in total. The lowest BCUT2D eigenvalue weighted by Crippen LogP contribution is -2.28. The second-order valence-corrected chi connectivity index (χ2v) is 4.88. The van der Waals surface area contributed by atoms with E-state index >= 15 is 0 Å². The molecule has 0 atom stereocenters. The van der Waals surface area contributed by atoms with Crippen LogP contribution in [0.3, 0.4) is 0 Å². The zero-order chi connectivity index (χ0) is 12.1. The number of hydrogen-bond acceptors (Lipinski definition) is 2. The van der Waals surface area contributed by atoms with Crippen molar-refractivity contribution in [3.63, 3.8) is 0 Å². The number of nitrogens with zero attached hydrogens (tertiary/aromatic N) is 1. The van der Waals surface area contributed by atoms with Crippen molar-refractivity contribution in [3.8, 4) is 0 Å². The van der Waals surface area contributed by atoms with Crippen LogP contribution in [0.15, 0.2) is 29.5 Å². The van der Waals surface area contributed by atoms with Crippen molar-refractivity contribution < 1.29 is 5.21 Å². The first kappa shape index (κ1) is 13.9. The molecular formula is C13H23NO. The maximum Gasteiger partial charge on any atom is 0.0655 e. The van der Waals surface area contributed by atoms with Gasteiger partial charge >= 0.3 is 0 Å². The van der Waals surface area contributed by atoms with Crippen LogP contribution >= 0.6 is 0 Å². The Morgan fingerprint density at radius 2 is 2.00 bits per heavy atom. The molecule has 0 spiro atoms. The van der Waals surface area contributed by atoms with Crippen LogP contribution in [0.4, 0.5) is 0 Å². The summed E-state index contributed by atoms with van der Waals surface area (Å²) in [6.07, 6.45) is 4.82. The normalized spacial score (nSPS) is 14.5. The summed E-state index contributed by atoms with van der Waals surface area (Å²) in [7, 11) is 0. The van der Waals surface area contributed by atoms with Crippen molar-refractivity contribution in [3.05, 3.63) is 24.3 Å². The van der Waals surface area contributed by atoms with Gasteiger partial charge in [-0.1, -0.05) is 57.2 Å². The van der Waals surface area contributed by atoms with Crippen molar-refractivity contribution in [2.24, 2.45) is 16.5 Å². The van der Waals surface area contributed by atoms with Crippen molar-refractivity contribution >= 4 is 5.71 Å². The largest absolute Gasteiger partial charge is 0.411 e.